The Morgan fingerprint density at radius 1 is 1.57 bits per heavy atom. The van der Waals surface area contributed by atoms with Gasteiger partial charge in [0.15, 0.2) is 0 Å². The fraction of sp³-hybridized carbons (Fsp3) is 0.600. The second-order valence-electron chi connectivity index (χ2n) is 2.98. The van der Waals surface area contributed by atoms with Gasteiger partial charge in [0, 0.05) is 18.9 Å². The molecule has 1 unspecified atom stereocenters. The summed E-state index contributed by atoms with van der Waals surface area (Å²) in [5.41, 5.74) is 0. The zero-order chi connectivity index (χ0) is 11.0. The molecule has 0 saturated heterocycles. The van der Waals surface area contributed by atoms with E-state index in [1.54, 1.807) is 0 Å². The maximum atomic E-state index is 11.0. The molecule has 0 aliphatic carbocycles. The second-order valence-corrected chi connectivity index (χ2v) is 2.98. The molecule has 0 aromatic carbocycles. The molecule has 0 aliphatic rings. The standard InChI is InChI=1S/C10H16O4/c1-3-5-8(11)6-9(12)7-14-10(13)4-2/h4,9,12H,2-3,5-7H2,1H3. The zero-order valence-electron chi connectivity index (χ0n) is 8.36. The third kappa shape index (κ3) is 6.37. The topological polar surface area (TPSA) is 63.6 Å². The Hall–Kier alpha value is -1.16. The van der Waals surface area contributed by atoms with Crippen molar-refractivity contribution in [3.63, 3.8) is 0 Å². The molecule has 0 bridgehead atoms. The molecule has 0 aromatic rings. The Kier molecular flexibility index (Phi) is 6.66. The van der Waals surface area contributed by atoms with Gasteiger partial charge < -0.3 is 9.84 Å². The van der Waals surface area contributed by atoms with E-state index in [9.17, 15) is 14.7 Å². The highest BCUT2D eigenvalue weighted by atomic mass is 16.5. The Morgan fingerprint density at radius 3 is 2.71 bits per heavy atom. The number of ether oxygens (including phenoxy) is 1. The molecule has 0 amide bonds. The number of esters is 1. The zero-order valence-corrected chi connectivity index (χ0v) is 8.36. The monoisotopic (exact) mass is 200 g/mol. The number of hydrogen-bond acceptors (Lipinski definition) is 4. The Bertz CT molecular complexity index is 210. The van der Waals surface area contributed by atoms with Crippen molar-refractivity contribution < 1.29 is 19.4 Å². The van der Waals surface area contributed by atoms with Crippen LogP contribution in [0, 0.1) is 0 Å². The first kappa shape index (κ1) is 12.8. The lowest BCUT2D eigenvalue weighted by Gasteiger charge is -2.08. The normalized spacial score (nSPS) is 11.9. The van der Waals surface area contributed by atoms with Gasteiger partial charge >= 0.3 is 5.97 Å². The summed E-state index contributed by atoms with van der Waals surface area (Å²) in [6, 6.07) is 0. The van der Waals surface area contributed by atoms with Crippen molar-refractivity contribution in [1.82, 2.24) is 0 Å². The van der Waals surface area contributed by atoms with E-state index in [1.807, 2.05) is 6.92 Å². The molecular formula is C10H16O4. The number of carbonyl (C=O) groups excluding carboxylic acids is 2. The highest BCUT2D eigenvalue weighted by molar-refractivity contribution is 5.81. The highest BCUT2D eigenvalue weighted by Crippen LogP contribution is 2.00. The lowest BCUT2D eigenvalue weighted by atomic mass is 10.1. The lowest BCUT2D eigenvalue weighted by molar-refractivity contribution is -0.141. The molecule has 1 atom stereocenters. The quantitative estimate of drug-likeness (QED) is 0.488. The average molecular weight is 200 g/mol. The minimum Gasteiger partial charge on any atom is -0.460 e. The number of rotatable bonds is 7. The number of carbonyl (C=O) groups is 2. The van der Waals surface area contributed by atoms with E-state index in [0.29, 0.717) is 6.42 Å². The van der Waals surface area contributed by atoms with E-state index >= 15 is 0 Å². The largest absolute Gasteiger partial charge is 0.460 e. The molecule has 80 valence electrons. The molecule has 0 fully saturated rings. The molecule has 4 heteroatoms. The van der Waals surface area contributed by atoms with Crippen LogP contribution in [0.25, 0.3) is 0 Å². The molecule has 0 aliphatic heterocycles. The van der Waals surface area contributed by atoms with Crippen LogP contribution in [0.15, 0.2) is 12.7 Å². The number of aliphatic hydroxyl groups excluding tert-OH is 1. The van der Waals surface area contributed by atoms with E-state index in [2.05, 4.69) is 11.3 Å². The van der Waals surface area contributed by atoms with Crippen LogP contribution >= 0.6 is 0 Å². The van der Waals surface area contributed by atoms with E-state index in [4.69, 9.17) is 0 Å². The van der Waals surface area contributed by atoms with Gasteiger partial charge in [-0.2, -0.15) is 0 Å². The van der Waals surface area contributed by atoms with Crippen molar-refractivity contribution >= 4 is 11.8 Å². The first-order valence-electron chi connectivity index (χ1n) is 4.59. The minimum atomic E-state index is -0.905. The van der Waals surface area contributed by atoms with Gasteiger partial charge in [0.1, 0.15) is 12.4 Å². The Morgan fingerprint density at radius 2 is 2.21 bits per heavy atom. The van der Waals surface area contributed by atoms with Gasteiger partial charge in [-0.15, -0.1) is 0 Å². The maximum Gasteiger partial charge on any atom is 0.330 e. The van der Waals surface area contributed by atoms with Crippen molar-refractivity contribution in [3.05, 3.63) is 12.7 Å². The fourth-order valence-electron chi connectivity index (χ4n) is 0.940. The van der Waals surface area contributed by atoms with Crippen LogP contribution in [0.3, 0.4) is 0 Å². The van der Waals surface area contributed by atoms with Gasteiger partial charge in [0.25, 0.3) is 0 Å². The molecule has 0 radical (unpaired) electrons. The fourth-order valence-corrected chi connectivity index (χ4v) is 0.940. The van der Waals surface area contributed by atoms with Crippen LogP contribution in [-0.4, -0.2) is 29.6 Å². The molecule has 0 spiro atoms. The minimum absolute atomic E-state index is 0.0188. The first-order valence-corrected chi connectivity index (χ1v) is 4.59. The molecule has 0 heterocycles. The van der Waals surface area contributed by atoms with E-state index in [0.717, 1.165) is 12.5 Å². The van der Waals surface area contributed by atoms with Crippen molar-refractivity contribution in [3.8, 4) is 0 Å². The summed E-state index contributed by atoms with van der Waals surface area (Å²) in [5.74, 6) is -0.610. The molecule has 14 heavy (non-hydrogen) atoms. The van der Waals surface area contributed by atoms with Crippen LogP contribution in [0.5, 0.6) is 0 Å². The van der Waals surface area contributed by atoms with Crippen LogP contribution in [0.2, 0.25) is 0 Å². The SMILES string of the molecule is C=CC(=O)OCC(O)CC(=O)CCC. The van der Waals surface area contributed by atoms with Gasteiger partial charge in [-0.05, 0) is 6.42 Å². The van der Waals surface area contributed by atoms with Gasteiger partial charge in [-0.3, -0.25) is 4.79 Å². The lowest BCUT2D eigenvalue weighted by Crippen LogP contribution is -2.21. The van der Waals surface area contributed by atoms with E-state index in [1.165, 1.54) is 0 Å². The maximum absolute atomic E-state index is 11.0. The number of hydrogen-bond donors (Lipinski definition) is 1. The van der Waals surface area contributed by atoms with Gasteiger partial charge in [0.2, 0.25) is 0 Å². The summed E-state index contributed by atoms with van der Waals surface area (Å²) in [6.45, 7) is 4.94. The van der Waals surface area contributed by atoms with E-state index < -0.39 is 12.1 Å². The van der Waals surface area contributed by atoms with Crippen molar-refractivity contribution in [2.24, 2.45) is 0 Å². The number of Topliss-reactive ketones (excluding diaryl/α,β-unsaturated/α-hetero) is 1. The van der Waals surface area contributed by atoms with Gasteiger partial charge in [0.05, 0.1) is 6.10 Å². The summed E-state index contributed by atoms with van der Waals surface area (Å²) < 4.78 is 4.57. The predicted octanol–water partition coefficient (Wildman–Crippen LogP) is 0.836. The van der Waals surface area contributed by atoms with Crippen molar-refractivity contribution in [2.75, 3.05) is 6.61 Å². The number of aliphatic hydroxyl groups is 1. The van der Waals surface area contributed by atoms with Gasteiger partial charge in [-0.25, -0.2) is 4.79 Å². The molecule has 0 saturated carbocycles. The molecule has 0 rings (SSSR count). The van der Waals surface area contributed by atoms with Crippen molar-refractivity contribution in [1.29, 1.82) is 0 Å². The van der Waals surface area contributed by atoms with E-state index in [-0.39, 0.29) is 18.8 Å². The Balaban J connectivity index is 3.64. The Labute approximate surface area is 83.6 Å². The van der Waals surface area contributed by atoms with Crippen LogP contribution < -0.4 is 0 Å². The molecule has 4 nitrogen and oxygen atoms in total. The van der Waals surface area contributed by atoms with Crippen LogP contribution in [0.1, 0.15) is 26.2 Å². The second kappa shape index (κ2) is 7.26. The third-order valence-electron chi connectivity index (χ3n) is 1.58. The van der Waals surface area contributed by atoms with Crippen LogP contribution in [-0.2, 0) is 14.3 Å². The molecular weight excluding hydrogens is 184 g/mol. The summed E-state index contributed by atoms with van der Waals surface area (Å²) in [7, 11) is 0. The number of ketones is 1. The predicted molar refractivity (Wildman–Crippen MR) is 51.7 cm³/mol. The average Bonchev–Trinajstić information content (AvgIpc) is 2.14. The summed E-state index contributed by atoms with van der Waals surface area (Å²) in [6.07, 6.45) is 1.36. The highest BCUT2D eigenvalue weighted by Gasteiger charge is 2.11. The summed E-state index contributed by atoms with van der Waals surface area (Å²) in [5, 5.41) is 9.26. The van der Waals surface area contributed by atoms with Crippen LogP contribution in [0.4, 0.5) is 0 Å². The smallest absolute Gasteiger partial charge is 0.330 e. The third-order valence-corrected chi connectivity index (χ3v) is 1.58. The molecule has 1 N–H and O–H groups in total. The van der Waals surface area contributed by atoms with Crippen molar-refractivity contribution in [2.45, 2.75) is 32.3 Å². The summed E-state index contributed by atoms with van der Waals surface area (Å²) in [4.78, 5) is 21.6. The summed E-state index contributed by atoms with van der Waals surface area (Å²) >= 11 is 0. The molecule has 0 aromatic heterocycles. The van der Waals surface area contributed by atoms with Gasteiger partial charge in [-0.1, -0.05) is 13.5 Å². The first-order chi connectivity index (χ1) is 6.60.